The lowest BCUT2D eigenvalue weighted by atomic mass is 10.1. The van der Waals surface area contributed by atoms with Crippen LogP contribution in [0.5, 0.6) is 0 Å². The van der Waals surface area contributed by atoms with Crippen molar-refractivity contribution in [3.63, 3.8) is 0 Å². The smallest absolute Gasteiger partial charge is 0.282 e. The van der Waals surface area contributed by atoms with Gasteiger partial charge in [-0.15, -0.1) is 11.6 Å². The number of hydrogen-bond acceptors (Lipinski definition) is 4. The Morgan fingerprint density at radius 1 is 1.55 bits per heavy atom. The number of carbonyl (C=O) groups excluding carboxylic acids is 1. The van der Waals surface area contributed by atoms with E-state index in [2.05, 4.69) is 0 Å². The molecule has 7 heteroatoms. The van der Waals surface area contributed by atoms with Crippen molar-refractivity contribution >= 4 is 23.2 Å². The third-order valence-electron chi connectivity index (χ3n) is 3.27. The van der Waals surface area contributed by atoms with Crippen LogP contribution in [-0.2, 0) is 4.74 Å². The highest BCUT2D eigenvalue weighted by atomic mass is 35.5. The Labute approximate surface area is 121 Å². The van der Waals surface area contributed by atoms with E-state index in [0.29, 0.717) is 13.2 Å². The van der Waals surface area contributed by atoms with Gasteiger partial charge in [0.1, 0.15) is 5.56 Å². The molecule has 108 valence electrons. The fraction of sp³-hybridized carbons (Fsp3) is 0.462. The second kappa shape index (κ2) is 6.19. The van der Waals surface area contributed by atoms with Crippen LogP contribution >= 0.6 is 11.6 Å². The van der Waals surface area contributed by atoms with E-state index in [1.165, 1.54) is 12.1 Å². The van der Waals surface area contributed by atoms with E-state index < -0.39 is 4.92 Å². The molecule has 2 atom stereocenters. The molecule has 0 aliphatic carbocycles. The number of alkyl halides is 1. The van der Waals surface area contributed by atoms with Crippen LogP contribution in [0.25, 0.3) is 0 Å². The number of ether oxygens (including phenoxy) is 1. The molecular formula is C13H15ClN2O4. The lowest BCUT2D eigenvalue weighted by molar-refractivity contribution is -0.385. The molecule has 0 N–H and O–H groups in total. The Balaban J connectivity index is 2.28. The maximum absolute atomic E-state index is 12.5. The van der Waals surface area contributed by atoms with Gasteiger partial charge in [0.05, 0.1) is 29.6 Å². The van der Waals surface area contributed by atoms with E-state index in [1.54, 1.807) is 17.0 Å². The summed E-state index contributed by atoms with van der Waals surface area (Å²) in [5.74, 6) is -0.0730. The molecule has 0 saturated carbocycles. The van der Waals surface area contributed by atoms with Crippen LogP contribution in [0.15, 0.2) is 24.3 Å². The normalized spacial score (nSPS) is 22.6. The largest absolute Gasteiger partial charge is 0.373 e. The summed E-state index contributed by atoms with van der Waals surface area (Å²) in [6, 6.07) is 5.82. The third-order valence-corrected chi connectivity index (χ3v) is 3.61. The molecule has 1 heterocycles. The first kappa shape index (κ1) is 14.7. The average Bonchev–Trinajstić information content (AvgIpc) is 2.47. The van der Waals surface area contributed by atoms with Crippen molar-refractivity contribution < 1.29 is 14.5 Å². The maximum atomic E-state index is 12.5. The van der Waals surface area contributed by atoms with Gasteiger partial charge in [0.25, 0.3) is 11.6 Å². The van der Waals surface area contributed by atoms with Gasteiger partial charge in [-0.25, -0.2) is 0 Å². The molecule has 1 aromatic carbocycles. The van der Waals surface area contributed by atoms with Crippen molar-refractivity contribution in [1.29, 1.82) is 0 Å². The van der Waals surface area contributed by atoms with Crippen LogP contribution in [0.4, 0.5) is 5.69 Å². The van der Waals surface area contributed by atoms with Crippen LogP contribution in [0, 0.1) is 10.1 Å². The Hall–Kier alpha value is -1.66. The van der Waals surface area contributed by atoms with Gasteiger partial charge in [0.2, 0.25) is 0 Å². The van der Waals surface area contributed by atoms with Gasteiger partial charge in [-0.05, 0) is 13.0 Å². The SMILES string of the molecule is CC1COC(CCl)CN1C(=O)c1ccccc1[N+](=O)[O-]. The molecule has 1 saturated heterocycles. The Bertz CT molecular complexity index is 523. The summed E-state index contributed by atoms with van der Waals surface area (Å²) in [5, 5.41) is 11.0. The highest BCUT2D eigenvalue weighted by Crippen LogP contribution is 2.22. The molecule has 2 unspecified atom stereocenters. The topological polar surface area (TPSA) is 72.7 Å². The van der Waals surface area contributed by atoms with E-state index in [4.69, 9.17) is 16.3 Å². The van der Waals surface area contributed by atoms with Crippen molar-refractivity contribution in [1.82, 2.24) is 4.90 Å². The summed E-state index contributed by atoms with van der Waals surface area (Å²) in [6.07, 6.45) is -0.236. The lowest BCUT2D eigenvalue weighted by Crippen LogP contribution is -2.51. The van der Waals surface area contributed by atoms with Crippen molar-refractivity contribution in [3.8, 4) is 0 Å². The lowest BCUT2D eigenvalue weighted by Gasteiger charge is -2.37. The van der Waals surface area contributed by atoms with Crippen molar-refractivity contribution in [2.75, 3.05) is 19.0 Å². The zero-order valence-corrected chi connectivity index (χ0v) is 11.7. The minimum absolute atomic E-state index is 0.0968. The minimum Gasteiger partial charge on any atom is -0.373 e. The molecule has 0 aromatic heterocycles. The Kier molecular flexibility index (Phi) is 4.57. The molecule has 1 fully saturated rings. The summed E-state index contributed by atoms with van der Waals surface area (Å²) in [7, 11) is 0. The third kappa shape index (κ3) is 2.91. The summed E-state index contributed by atoms with van der Waals surface area (Å²) in [4.78, 5) is 24.6. The first-order valence-corrected chi connectivity index (χ1v) is 6.80. The number of nitrogens with zero attached hydrogens (tertiary/aromatic N) is 2. The van der Waals surface area contributed by atoms with E-state index >= 15 is 0 Å². The van der Waals surface area contributed by atoms with Gasteiger partial charge in [-0.3, -0.25) is 14.9 Å². The van der Waals surface area contributed by atoms with Crippen LogP contribution in [0.2, 0.25) is 0 Å². The standard InChI is InChI=1S/C13H15ClN2O4/c1-9-8-20-10(6-14)7-15(9)13(17)11-4-2-3-5-12(11)16(18)19/h2-5,9-10H,6-8H2,1H3. The fourth-order valence-electron chi connectivity index (χ4n) is 2.16. The van der Waals surface area contributed by atoms with E-state index in [1.807, 2.05) is 6.92 Å². The summed E-state index contributed by atoms with van der Waals surface area (Å²) in [6.45, 7) is 2.57. The number of benzene rings is 1. The van der Waals surface area contributed by atoms with Gasteiger partial charge in [0, 0.05) is 12.6 Å². The molecule has 0 radical (unpaired) electrons. The first-order valence-electron chi connectivity index (χ1n) is 6.26. The van der Waals surface area contributed by atoms with E-state index in [9.17, 15) is 14.9 Å². The zero-order chi connectivity index (χ0) is 14.7. The molecule has 1 amide bonds. The molecule has 1 aliphatic heterocycles. The number of para-hydroxylation sites is 1. The van der Waals surface area contributed by atoms with Crippen LogP contribution in [0.1, 0.15) is 17.3 Å². The number of amides is 1. The van der Waals surface area contributed by atoms with Crippen LogP contribution in [-0.4, -0.2) is 46.9 Å². The average molecular weight is 299 g/mol. The van der Waals surface area contributed by atoms with E-state index in [0.717, 1.165) is 0 Å². The molecule has 1 aromatic rings. The second-order valence-electron chi connectivity index (χ2n) is 4.69. The Morgan fingerprint density at radius 3 is 2.90 bits per heavy atom. The van der Waals surface area contributed by atoms with Gasteiger partial charge in [0.15, 0.2) is 0 Å². The predicted molar refractivity (Wildman–Crippen MR) is 74.1 cm³/mol. The number of halogens is 1. The minimum atomic E-state index is -0.544. The number of hydrogen-bond donors (Lipinski definition) is 0. The zero-order valence-electron chi connectivity index (χ0n) is 11.0. The Morgan fingerprint density at radius 2 is 2.25 bits per heavy atom. The summed E-state index contributed by atoms with van der Waals surface area (Å²) >= 11 is 5.75. The van der Waals surface area contributed by atoms with Gasteiger partial charge in [-0.1, -0.05) is 12.1 Å². The molecule has 6 nitrogen and oxygen atoms in total. The quantitative estimate of drug-likeness (QED) is 0.486. The van der Waals surface area contributed by atoms with Gasteiger partial charge in [-0.2, -0.15) is 0 Å². The molecule has 1 aliphatic rings. The second-order valence-corrected chi connectivity index (χ2v) is 5.00. The number of carbonyl (C=O) groups is 1. The highest BCUT2D eigenvalue weighted by Gasteiger charge is 2.32. The summed E-state index contributed by atoms with van der Waals surface area (Å²) in [5.41, 5.74) is -0.0850. The monoisotopic (exact) mass is 298 g/mol. The number of rotatable bonds is 3. The molecule has 2 rings (SSSR count). The molecule has 20 heavy (non-hydrogen) atoms. The van der Waals surface area contributed by atoms with Crippen molar-refractivity contribution in [3.05, 3.63) is 39.9 Å². The first-order chi connectivity index (χ1) is 9.54. The number of morpholine rings is 1. The van der Waals surface area contributed by atoms with Crippen LogP contribution < -0.4 is 0 Å². The van der Waals surface area contributed by atoms with Crippen molar-refractivity contribution in [2.45, 2.75) is 19.1 Å². The number of nitro groups is 1. The highest BCUT2D eigenvalue weighted by molar-refractivity contribution is 6.18. The van der Waals surface area contributed by atoms with Crippen LogP contribution in [0.3, 0.4) is 0 Å². The molecular weight excluding hydrogens is 284 g/mol. The van der Waals surface area contributed by atoms with Gasteiger partial charge < -0.3 is 9.64 Å². The molecule has 0 spiro atoms. The van der Waals surface area contributed by atoms with E-state index in [-0.39, 0.29) is 35.2 Å². The predicted octanol–water partition coefficient (Wildman–Crippen LogP) is 2.06. The molecule has 0 bridgehead atoms. The fourth-order valence-corrected chi connectivity index (χ4v) is 2.35. The van der Waals surface area contributed by atoms with Crippen molar-refractivity contribution in [2.24, 2.45) is 0 Å². The number of nitro benzene ring substituents is 1. The summed E-state index contributed by atoms with van der Waals surface area (Å²) < 4.78 is 5.47. The van der Waals surface area contributed by atoms with Gasteiger partial charge >= 0.3 is 0 Å². The maximum Gasteiger partial charge on any atom is 0.282 e.